The van der Waals surface area contributed by atoms with Crippen molar-refractivity contribution in [1.82, 2.24) is 0 Å². The molecule has 154 valence electrons. The molecule has 0 bridgehead atoms. The van der Waals surface area contributed by atoms with Crippen LogP contribution in [0.15, 0.2) is 0 Å². The lowest BCUT2D eigenvalue weighted by molar-refractivity contribution is -0.890. The number of nitriles is 1. The molecule has 0 saturated heterocycles. The molecule has 0 fully saturated rings. The lowest BCUT2D eigenvalue weighted by Gasteiger charge is -2.30. The molecule has 0 radical (unpaired) electrons. The summed E-state index contributed by atoms with van der Waals surface area (Å²) >= 11 is 0. The van der Waals surface area contributed by atoms with E-state index in [9.17, 15) is 0 Å². The summed E-state index contributed by atoms with van der Waals surface area (Å²) in [4.78, 5) is 0. The van der Waals surface area contributed by atoms with Gasteiger partial charge in [-0.3, -0.25) is 0 Å². The maximum atomic E-state index is 8.57. The number of quaternary nitrogens is 1. The van der Waals surface area contributed by atoms with E-state index >= 15 is 0 Å². The Hall–Kier alpha value is -0.550. The second-order valence-corrected chi connectivity index (χ2v) is 8.95. The molecule has 2 heteroatoms. The fourth-order valence-electron chi connectivity index (χ4n) is 3.77. The Bertz CT molecular complexity index is 317. The van der Waals surface area contributed by atoms with E-state index < -0.39 is 0 Å². The van der Waals surface area contributed by atoms with Gasteiger partial charge in [0.1, 0.15) is 0 Å². The van der Waals surface area contributed by atoms with Gasteiger partial charge in [0, 0.05) is 6.42 Å². The molecule has 0 aromatic carbocycles. The van der Waals surface area contributed by atoms with E-state index in [0.29, 0.717) is 0 Å². The molecular formula is C24H49N2+. The van der Waals surface area contributed by atoms with Crippen LogP contribution in [0.5, 0.6) is 0 Å². The van der Waals surface area contributed by atoms with Gasteiger partial charge in [-0.2, -0.15) is 5.26 Å². The minimum atomic E-state index is 0.729. The second-order valence-electron chi connectivity index (χ2n) is 8.95. The molecule has 0 saturated carbocycles. The largest absolute Gasteiger partial charge is 0.328 e. The molecule has 0 heterocycles. The van der Waals surface area contributed by atoms with Crippen LogP contribution in [0, 0.1) is 11.3 Å². The van der Waals surface area contributed by atoms with Crippen LogP contribution in [0.3, 0.4) is 0 Å². The summed E-state index contributed by atoms with van der Waals surface area (Å²) in [5.74, 6) is 0. The Kier molecular flexibility index (Phi) is 18.8. The van der Waals surface area contributed by atoms with Crippen molar-refractivity contribution in [2.24, 2.45) is 0 Å². The molecule has 2 nitrogen and oxygen atoms in total. The van der Waals surface area contributed by atoms with Crippen LogP contribution in [0.25, 0.3) is 0 Å². The Labute approximate surface area is 165 Å². The van der Waals surface area contributed by atoms with Gasteiger partial charge in [0.2, 0.25) is 0 Å². The molecule has 0 aromatic heterocycles. The number of hydrogen-bond acceptors (Lipinski definition) is 1. The van der Waals surface area contributed by atoms with Crippen molar-refractivity contribution in [2.75, 3.05) is 27.2 Å². The third-order valence-corrected chi connectivity index (χ3v) is 5.67. The summed E-state index contributed by atoms with van der Waals surface area (Å²) in [6, 6.07) is 2.24. The van der Waals surface area contributed by atoms with Gasteiger partial charge in [-0.25, -0.2) is 0 Å². The smallest absolute Gasteiger partial charge is 0.0782 e. The highest BCUT2D eigenvalue weighted by Crippen LogP contribution is 2.14. The van der Waals surface area contributed by atoms with Gasteiger partial charge in [0.05, 0.1) is 33.3 Å². The van der Waals surface area contributed by atoms with E-state index in [-0.39, 0.29) is 0 Å². The van der Waals surface area contributed by atoms with Crippen LogP contribution < -0.4 is 0 Å². The third-order valence-electron chi connectivity index (χ3n) is 5.67. The molecule has 0 rings (SSSR count). The van der Waals surface area contributed by atoms with E-state index in [1.54, 1.807) is 0 Å². The SMILES string of the molecule is CCCCCCCCCCCCCCCC[N+](C)(C)CCCCCC#N. The summed E-state index contributed by atoms with van der Waals surface area (Å²) < 4.78 is 1.16. The van der Waals surface area contributed by atoms with E-state index in [1.165, 1.54) is 116 Å². The quantitative estimate of drug-likeness (QED) is 0.161. The van der Waals surface area contributed by atoms with Crippen LogP contribution >= 0.6 is 0 Å². The Balaban J connectivity index is 3.25. The fourth-order valence-corrected chi connectivity index (χ4v) is 3.77. The van der Waals surface area contributed by atoms with Crippen LogP contribution in [-0.2, 0) is 0 Å². The number of unbranched alkanes of at least 4 members (excludes halogenated alkanes) is 16. The first-order valence-corrected chi connectivity index (χ1v) is 11.8. The first kappa shape index (κ1) is 25.4. The van der Waals surface area contributed by atoms with Crippen molar-refractivity contribution >= 4 is 0 Å². The average molecular weight is 366 g/mol. The summed E-state index contributed by atoms with van der Waals surface area (Å²) in [6.45, 7) is 4.88. The molecule has 0 aliphatic carbocycles. The molecule has 0 amide bonds. The lowest BCUT2D eigenvalue weighted by Crippen LogP contribution is -2.41. The topological polar surface area (TPSA) is 23.8 Å². The van der Waals surface area contributed by atoms with Crippen molar-refractivity contribution in [3.63, 3.8) is 0 Å². The maximum Gasteiger partial charge on any atom is 0.0782 e. The maximum absolute atomic E-state index is 8.57. The van der Waals surface area contributed by atoms with E-state index in [2.05, 4.69) is 27.1 Å². The first-order valence-electron chi connectivity index (χ1n) is 11.8. The fraction of sp³-hybridized carbons (Fsp3) is 0.958. The zero-order valence-corrected chi connectivity index (χ0v) is 18.5. The standard InChI is InChI=1S/C24H49N2/c1-4-5-6-7-8-9-10-11-12-13-14-15-17-20-23-26(2,3)24-21-18-16-19-22-25/h4-21,23-24H2,1-3H3/q+1. The van der Waals surface area contributed by atoms with Gasteiger partial charge in [-0.1, -0.05) is 84.0 Å². The first-order chi connectivity index (χ1) is 12.6. The van der Waals surface area contributed by atoms with Gasteiger partial charge >= 0.3 is 0 Å². The van der Waals surface area contributed by atoms with Gasteiger partial charge < -0.3 is 4.48 Å². The molecule has 0 N–H and O–H groups in total. The summed E-state index contributed by atoms with van der Waals surface area (Å²) in [7, 11) is 4.74. The van der Waals surface area contributed by atoms with Crippen LogP contribution in [0.4, 0.5) is 0 Å². The Morgan fingerprint density at radius 3 is 1.27 bits per heavy atom. The number of hydrogen-bond donors (Lipinski definition) is 0. The monoisotopic (exact) mass is 365 g/mol. The van der Waals surface area contributed by atoms with Crippen LogP contribution in [-0.4, -0.2) is 31.7 Å². The molecule has 0 aromatic rings. The van der Waals surface area contributed by atoms with Crippen LogP contribution in [0.1, 0.15) is 122 Å². The predicted molar refractivity (Wildman–Crippen MR) is 116 cm³/mol. The number of rotatable bonds is 20. The molecular weight excluding hydrogens is 316 g/mol. The van der Waals surface area contributed by atoms with E-state index in [0.717, 1.165) is 17.3 Å². The van der Waals surface area contributed by atoms with Gasteiger partial charge in [-0.15, -0.1) is 0 Å². The van der Waals surface area contributed by atoms with Crippen molar-refractivity contribution in [2.45, 2.75) is 122 Å². The highest BCUT2D eigenvalue weighted by Gasteiger charge is 2.13. The average Bonchev–Trinajstić information content (AvgIpc) is 2.61. The highest BCUT2D eigenvalue weighted by molar-refractivity contribution is 4.67. The normalized spacial score (nSPS) is 11.6. The predicted octanol–water partition coefficient (Wildman–Crippen LogP) is 7.63. The molecule has 0 atom stereocenters. The Morgan fingerprint density at radius 1 is 0.538 bits per heavy atom. The molecule has 26 heavy (non-hydrogen) atoms. The summed E-state index contributed by atoms with van der Waals surface area (Å²) in [5.41, 5.74) is 0. The molecule has 0 unspecified atom stereocenters. The van der Waals surface area contributed by atoms with Crippen molar-refractivity contribution in [3.05, 3.63) is 0 Å². The van der Waals surface area contributed by atoms with Crippen molar-refractivity contribution in [3.8, 4) is 6.07 Å². The van der Waals surface area contributed by atoms with Gasteiger partial charge in [0.25, 0.3) is 0 Å². The van der Waals surface area contributed by atoms with Crippen molar-refractivity contribution in [1.29, 1.82) is 5.26 Å². The zero-order chi connectivity index (χ0) is 19.3. The second kappa shape index (κ2) is 19.2. The van der Waals surface area contributed by atoms with E-state index in [1.807, 2.05) is 0 Å². The van der Waals surface area contributed by atoms with Gasteiger partial charge in [-0.05, 0) is 32.1 Å². The summed E-state index contributed by atoms with van der Waals surface area (Å²) in [5, 5.41) is 8.57. The van der Waals surface area contributed by atoms with E-state index in [4.69, 9.17) is 5.26 Å². The van der Waals surface area contributed by atoms with Crippen molar-refractivity contribution < 1.29 is 4.48 Å². The minimum Gasteiger partial charge on any atom is -0.328 e. The third kappa shape index (κ3) is 19.8. The zero-order valence-electron chi connectivity index (χ0n) is 18.5. The molecule has 0 aliphatic rings. The lowest BCUT2D eigenvalue weighted by atomic mass is 10.0. The highest BCUT2D eigenvalue weighted by atomic mass is 15.3. The van der Waals surface area contributed by atoms with Crippen LogP contribution in [0.2, 0.25) is 0 Å². The Morgan fingerprint density at radius 2 is 0.885 bits per heavy atom. The molecule has 0 aliphatic heterocycles. The summed E-state index contributed by atoms with van der Waals surface area (Å²) in [6.07, 6.45) is 24.4. The number of nitrogens with zero attached hydrogens (tertiary/aromatic N) is 2. The molecule has 0 spiro atoms. The minimum absolute atomic E-state index is 0.729. The van der Waals surface area contributed by atoms with Gasteiger partial charge in [0.15, 0.2) is 0 Å².